The van der Waals surface area contributed by atoms with Crippen LogP contribution in [0.5, 0.6) is 0 Å². The molecule has 0 amide bonds. The van der Waals surface area contributed by atoms with Crippen molar-refractivity contribution in [2.24, 2.45) is 7.05 Å². The van der Waals surface area contributed by atoms with Crippen LogP contribution in [-0.2, 0) is 7.05 Å². The predicted molar refractivity (Wildman–Crippen MR) is 81.3 cm³/mol. The van der Waals surface area contributed by atoms with E-state index in [2.05, 4.69) is 5.10 Å². The van der Waals surface area contributed by atoms with Gasteiger partial charge in [0.05, 0.1) is 9.85 Å². The molecule has 23 heavy (non-hydrogen) atoms. The highest BCUT2D eigenvalue weighted by molar-refractivity contribution is 6.32. The molecule has 1 heterocycles. The molecule has 1 aromatic carbocycles. The number of nitro benzene ring substituents is 1. The monoisotopic (exact) mass is 336 g/mol. The van der Waals surface area contributed by atoms with Gasteiger partial charge < -0.3 is 0 Å². The van der Waals surface area contributed by atoms with Crippen LogP contribution >= 0.6 is 11.6 Å². The van der Waals surface area contributed by atoms with Crippen LogP contribution in [0.2, 0.25) is 5.02 Å². The fourth-order valence-corrected chi connectivity index (χ4v) is 1.98. The lowest BCUT2D eigenvalue weighted by atomic mass is 10.1. The molecule has 0 bridgehead atoms. The minimum Gasteiger partial charge on any atom is -0.287 e. The lowest BCUT2D eigenvalue weighted by Crippen LogP contribution is -2.01. The average Bonchev–Trinajstić information content (AvgIpc) is 2.88. The third-order valence-corrected chi connectivity index (χ3v) is 3.19. The molecular weight excluding hydrogens is 328 g/mol. The molecule has 0 unspecified atom stereocenters. The molecule has 118 valence electrons. The number of allylic oxidation sites excluding steroid dienone is 1. The summed E-state index contributed by atoms with van der Waals surface area (Å²) in [6.45, 7) is 0. The first-order valence-corrected chi connectivity index (χ1v) is 6.51. The lowest BCUT2D eigenvalue weighted by Gasteiger charge is -1.98. The van der Waals surface area contributed by atoms with Crippen LogP contribution in [0.4, 0.5) is 11.4 Å². The molecule has 0 aliphatic carbocycles. The first-order valence-electron chi connectivity index (χ1n) is 6.14. The predicted octanol–water partition coefficient (Wildman–Crippen LogP) is 2.79. The van der Waals surface area contributed by atoms with Crippen LogP contribution in [0.1, 0.15) is 16.1 Å². The van der Waals surface area contributed by atoms with E-state index >= 15 is 0 Å². The second kappa shape index (κ2) is 6.36. The summed E-state index contributed by atoms with van der Waals surface area (Å²) in [4.78, 5) is 32.3. The topological polar surface area (TPSA) is 121 Å². The molecule has 0 atom stereocenters. The van der Waals surface area contributed by atoms with Gasteiger partial charge in [0.15, 0.2) is 0 Å². The smallest absolute Gasteiger partial charge is 0.287 e. The Labute approximate surface area is 134 Å². The lowest BCUT2D eigenvalue weighted by molar-refractivity contribution is -0.385. The number of halogens is 1. The van der Waals surface area contributed by atoms with Crippen molar-refractivity contribution in [1.29, 1.82) is 0 Å². The van der Waals surface area contributed by atoms with Gasteiger partial charge in [0.25, 0.3) is 5.69 Å². The largest absolute Gasteiger partial charge is 0.318 e. The van der Waals surface area contributed by atoms with E-state index in [-0.39, 0.29) is 22.0 Å². The number of aromatic nitrogens is 2. The number of carbonyl (C=O) groups is 1. The summed E-state index contributed by atoms with van der Waals surface area (Å²) in [7, 11) is 1.45. The van der Waals surface area contributed by atoms with E-state index in [1.165, 1.54) is 31.3 Å². The summed E-state index contributed by atoms with van der Waals surface area (Å²) < 4.78 is 1.15. The number of nitro groups is 2. The summed E-state index contributed by atoms with van der Waals surface area (Å²) in [5, 5.41) is 25.5. The van der Waals surface area contributed by atoms with Gasteiger partial charge in [-0.2, -0.15) is 5.10 Å². The Morgan fingerprint density at radius 2 is 2.00 bits per heavy atom. The molecule has 0 saturated heterocycles. The van der Waals surface area contributed by atoms with E-state index in [0.29, 0.717) is 0 Å². The number of aryl methyl sites for hydroxylation is 1. The van der Waals surface area contributed by atoms with Crippen molar-refractivity contribution >= 4 is 34.8 Å². The molecule has 0 radical (unpaired) electrons. The maximum absolute atomic E-state index is 12.0. The van der Waals surface area contributed by atoms with Gasteiger partial charge in [-0.25, -0.2) is 0 Å². The minimum atomic E-state index is -0.714. The van der Waals surface area contributed by atoms with Gasteiger partial charge >= 0.3 is 5.69 Å². The molecule has 9 nitrogen and oxygen atoms in total. The SMILES string of the molecule is Cn1cc([N+](=O)[O-])c(C(=O)/C=C/c2cc([N+](=O)[O-])ccc2Cl)n1. The van der Waals surface area contributed by atoms with E-state index in [4.69, 9.17) is 11.6 Å². The molecule has 2 aromatic rings. The quantitative estimate of drug-likeness (QED) is 0.358. The summed E-state index contributed by atoms with van der Waals surface area (Å²) in [5.74, 6) is -0.708. The van der Waals surface area contributed by atoms with Crippen molar-refractivity contribution in [3.05, 3.63) is 67.0 Å². The molecule has 0 aliphatic heterocycles. The highest BCUT2D eigenvalue weighted by Crippen LogP contribution is 2.24. The number of hydrogen-bond donors (Lipinski definition) is 0. The first kappa shape index (κ1) is 16.3. The number of hydrogen-bond acceptors (Lipinski definition) is 6. The van der Waals surface area contributed by atoms with Gasteiger partial charge in [0.2, 0.25) is 11.5 Å². The van der Waals surface area contributed by atoms with Crippen LogP contribution in [-0.4, -0.2) is 25.4 Å². The first-order chi connectivity index (χ1) is 10.8. The zero-order valence-corrected chi connectivity index (χ0v) is 12.4. The van der Waals surface area contributed by atoms with Crippen LogP contribution in [0.25, 0.3) is 6.08 Å². The van der Waals surface area contributed by atoms with E-state index in [9.17, 15) is 25.0 Å². The molecular formula is C13H9ClN4O5. The summed E-state index contributed by atoms with van der Waals surface area (Å²) in [6, 6.07) is 3.75. The van der Waals surface area contributed by atoms with Gasteiger partial charge in [-0.15, -0.1) is 0 Å². The third-order valence-electron chi connectivity index (χ3n) is 2.84. The second-order valence-electron chi connectivity index (χ2n) is 4.45. The second-order valence-corrected chi connectivity index (χ2v) is 4.86. The Kier molecular flexibility index (Phi) is 4.51. The van der Waals surface area contributed by atoms with Gasteiger partial charge in [0.1, 0.15) is 6.20 Å². The van der Waals surface area contributed by atoms with Crippen molar-refractivity contribution in [3.8, 4) is 0 Å². The van der Waals surface area contributed by atoms with Gasteiger partial charge in [0, 0.05) is 24.2 Å². The van der Waals surface area contributed by atoms with E-state index in [1.807, 2.05) is 0 Å². The molecule has 0 N–H and O–H groups in total. The average molecular weight is 337 g/mol. The van der Waals surface area contributed by atoms with Gasteiger partial charge in [-0.1, -0.05) is 11.6 Å². The molecule has 2 rings (SSSR count). The van der Waals surface area contributed by atoms with Gasteiger partial charge in [-0.3, -0.25) is 29.7 Å². The van der Waals surface area contributed by atoms with E-state index < -0.39 is 21.3 Å². The zero-order valence-electron chi connectivity index (χ0n) is 11.7. The summed E-state index contributed by atoms with van der Waals surface area (Å²) >= 11 is 5.90. The van der Waals surface area contributed by atoms with Crippen LogP contribution in [0.15, 0.2) is 30.5 Å². The Morgan fingerprint density at radius 1 is 1.30 bits per heavy atom. The maximum Gasteiger partial charge on any atom is 0.318 e. The summed E-state index contributed by atoms with van der Waals surface area (Å²) in [6.07, 6.45) is 3.39. The normalized spacial score (nSPS) is 10.9. The van der Waals surface area contributed by atoms with Crippen molar-refractivity contribution < 1.29 is 14.6 Å². The Hall–Kier alpha value is -3.07. The van der Waals surface area contributed by atoms with Crippen LogP contribution in [0.3, 0.4) is 0 Å². The minimum absolute atomic E-state index is 0.190. The zero-order chi connectivity index (χ0) is 17.1. The number of rotatable bonds is 5. The number of carbonyl (C=O) groups excluding carboxylic acids is 1. The Bertz CT molecular complexity index is 843. The fourth-order valence-electron chi connectivity index (χ4n) is 1.80. The van der Waals surface area contributed by atoms with Crippen molar-refractivity contribution in [2.75, 3.05) is 0 Å². The molecule has 0 fully saturated rings. The molecule has 1 aromatic heterocycles. The maximum atomic E-state index is 12.0. The number of ketones is 1. The highest BCUT2D eigenvalue weighted by atomic mass is 35.5. The van der Waals surface area contributed by atoms with Crippen LogP contribution in [0, 0.1) is 20.2 Å². The fraction of sp³-hybridized carbons (Fsp3) is 0.0769. The highest BCUT2D eigenvalue weighted by Gasteiger charge is 2.23. The Balaban J connectivity index is 2.34. The standard InChI is InChI=1S/C13H9ClN4O5/c1-16-7-11(18(22)23)13(15-16)12(19)5-2-8-6-9(17(20)21)3-4-10(8)14/h2-7H,1H3/b5-2+. The third kappa shape index (κ3) is 3.58. The van der Waals surface area contributed by atoms with Crippen molar-refractivity contribution in [1.82, 2.24) is 9.78 Å². The van der Waals surface area contributed by atoms with Crippen molar-refractivity contribution in [3.63, 3.8) is 0 Å². The van der Waals surface area contributed by atoms with E-state index in [1.54, 1.807) is 0 Å². The van der Waals surface area contributed by atoms with Crippen molar-refractivity contribution in [2.45, 2.75) is 0 Å². The molecule has 0 spiro atoms. The van der Waals surface area contributed by atoms with Gasteiger partial charge in [-0.05, 0) is 23.8 Å². The number of benzene rings is 1. The van der Waals surface area contributed by atoms with Crippen LogP contribution < -0.4 is 0 Å². The Morgan fingerprint density at radius 3 is 2.61 bits per heavy atom. The molecule has 10 heteroatoms. The molecule has 0 aliphatic rings. The van der Waals surface area contributed by atoms with E-state index in [0.717, 1.165) is 17.0 Å². The number of nitrogens with zero attached hydrogens (tertiary/aromatic N) is 4. The number of non-ortho nitro benzene ring substituents is 1. The summed E-state index contributed by atoms with van der Waals surface area (Å²) in [5.41, 5.74) is -0.694. The molecule has 0 saturated carbocycles.